The first kappa shape index (κ1) is 8.20. The molecule has 1 fully saturated rings. The Hall–Kier alpha value is -0.410. The van der Waals surface area contributed by atoms with Crippen LogP contribution in [0.3, 0.4) is 0 Å². The summed E-state index contributed by atoms with van der Waals surface area (Å²) >= 11 is 3.22. The number of allylic oxidation sites excluding steroid dienone is 2. The Bertz CT molecular complexity index is 272. The molecule has 0 aromatic rings. The van der Waals surface area contributed by atoms with Crippen molar-refractivity contribution in [2.75, 3.05) is 6.61 Å². The van der Waals surface area contributed by atoms with E-state index in [4.69, 9.17) is 4.74 Å². The molecule has 0 amide bonds. The van der Waals surface area contributed by atoms with Crippen LogP contribution in [0.5, 0.6) is 0 Å². The van der Waals surface area contributed by atoms with Gasteiger partial charge in [0.2, 0.25) is 0 Å². The van der Waals surface area contributed by atoms with Gasteiger partial charge in [-0.3, -0.25) is 4.79 Å². The molecule has 1 spiro atoms. The fraction of sp³-hybridized carbons (Fsp3) is 0.444. The molecule has 1 unspecified atom stereocenters. The van der Waals surface area contributed by atoms with E-state index >= 15 is 0 Å². The second kappa shape index (κ2) is 2.82. The van der Waals surface area contributed by atoms with Gasteiger partial charge in [-0.2, -0.15) is 0 Å². The van der Waals surface area contributed by atoms with Crippen LogP contribution in [0.1, 0.15) is 12.8 Å². The summed E-state index contributed by atoms with van der Waals surface area (Å²) in [7, 11) is 0. The van der Waals surface area contributed by atoms with Gasteiger partial charge in [-0.15, -0.1) is 0 Å². The van der Waals surface area contributed by atoms with Gasteiger partial charge < -0.3 is 4.74 Å². The van der Waals surface area contributed by atoms with E-state index in [1.807, 2.05) is 12.2 Å². The van der Waals surface area contributed by atoms with E-state index < -0.39 is 0 Å². The third kappa shape index (κ3) is 1.27. The smallest absolute Gasteiger partial charge is 0.192 e. The van der Waals surface area contributed by atoms with Gasteiger partial charge in [0.05, 0.1) is 4.48 Å². The third-order valence-electron chi connectivity index (χ3n) is 2.21. The summed E-state index contributed by atoms with van der Waals surface area (Å²) in [4.78, 5) is 11.1. The summed E-state index contributed by atoms with van der Waals surface area (Å²) in [6.45, 7) is 0.787. The largest absolute Gasteiger partial charge is 0.367 e. The van der Waals surface area contributed by atoms with E-state index in [9.17, 15) is 4.79 Å². The molecule has 1 saturated heterocycles. The first-order valence-electron chi connectivity index (χ1n) is 3.98. The Morgan fingerprint density at radius 1 is 1.58 bits per heavy atom. The quantitative estimate of drug-likeness (QED) is 0.634. The van der Waals surface area contributed by atoms with Crippen LogP contribution in [0.2, 0.25) is 0 Å². The van der Waals surface area contributed by atoms with Crippen molar-refractivity contribution >= 4 is 21.7 Å². The minimum Gasteiger partial charge on any atom is -0.367 e. The summed E-state index contributed by atoms with van der Waals surface area (Å²) < 4.78 is 6.17. The number of carbonyl (C=O) groups is 1. The first-order chi connectivity index (χ1) is 5.72. The number of hydrogen-bond donors (Lipinski definition) is 0. The molecule has 12 heavy (non-hydrogen) atoms. The van der Waals surface area contributed by atoms with Crippen LogP contribution < -0.4 is 0 Å². The second-order valence-electron chi connectivity index (χ2n) is 3.10. The lowest BCUT2D eigenvalue weighted by Gasteiger charge is -2.23. The van der Waals surface area contributed by atoms with E-state index in [2.05, 4.69) is 15.9 Å². The van der Waals surface area contributed by atoms with Crippen LogP contribution in [0.15, 0.2) is 22.7 Å². The molecule has 1 aliphatic heterocycles. The van der Waals surface area contributed by atoms with Crippen molar-refractivity contribution in [2.45, 2.75) is 18.4 Å². The Labute approximate surface area is 79.4 Å². The summed E-state index contributed by atoms with van der Waals surface area (Å²) in [5, 5.41) is 0. The van der Waals surface area contributed by atoms with Gasteiger partial charge in [0.1, 0.15) is 5.60 Å². The van der Waals surface area contributed by atoms with Crippen molar-refractivity contribution in [1.29, 1.82) is 0 Å². The number of hydrogen-bond acceptors (Lipinski definition) is 2. The van der Waals surface area contributed by atoms with E-state index in [0.29, 0.717) is 4.48 Å². The van der Waals surface area contributed by atoms with Crippen LogP contribution in [0.4, 0.5) is 0 Å². The standard InChI is InChI=1S/C9H9BrO2/c10-7-6-9(3-1-5-12-9)4-2-8(7)11/h2,4,6H,1,3,5H2. The molecule has 0 saturated carbocycles. The summed E-state index contributed by atoms with van der Waals surface area (Å²) in [6.07, 6.45) is 7.34. The number of ether oxygens (including phenoxy) is 1. The maximum Gasteiger partial charge on any atom is 0.192 e. The summed E-state index contributed by atoms with van der Waals surface area (Å²) in [5.41, 5.74) is -0.285. The maximum atomic E-state index is 11.1. The van der Waals surface area contributed by atoms with Gasteiger partial charge in [0.15, 0.2) is 5.78 Å². The lowest BCUT2D eigenvalue weighted by atomic mass is 9.94. The van der Waals surface area contributed by atoms with Crippen molar-refractivity contribution < 1.29 is 9.53 Å². The van der Waals surface area contributed by atoms with Crippen molar-refractivity contribution in [3.63, 3.8) is 0 Å². The molecule has 0 aromatic carbocycles. The Balaban J connectivity index is 2.30. The van der Waals surface area contributed by atoms with E-state index in [1.165, 1.54) is 0 Å². The topological polar surface area (TPSA) is 26.3 Å². The van der Waals surface area contributed by atoms with Gasteiger partial charge in [-0.25, -0.2) is 0 Å². The highest BCUT2D eigenvalue weighted by Crippen LogP contribution is 2.33. The normalized spacial score (nSPS) is 34.4. The molecule has 64 valence electrons. The van der Waals surface area contributed by atoms with Gasteiger partial charge in [0.25, 0.3) is 0 Å². The van der Waals surface area contributed by atoms with Crippen LogP contribution in [-0.4, -0.2) is 18.0 Å². The predicted octanol–water partition coefficient (Wildman–Crippen LogP) is 1.95. The molecule has 0 bridgehead atoms. The third-order valence-corrected chi connectivity index (χ3v) is 2.83. The monoisotopic (exact) mass is 228 g/mol. The molecule has 3 heteroatoms. The molecular weight excluding hydrogens is 220 g/mol. The molecule has 0 radical (unpaired) electrons. The molecular formula is C9H9BrO2. The van der Waals surface area contributed by atoms with Gasteiger partial charge in [0, 0.05) is 6.61 Å². The predicted molar refractivity (Wildman–Crippen MR) is 49.1 cm³/mol. The highest BCUT2D eigenvalue weighted by Gasteiger charge is 2.33. The average molecular weight is 229 g/mol. The van der Waals surface area contributed by atoms with Gasteiger partial charge >= 0.3 is 0 Å². The van der Waals surface area contributed by atoms with Gasteiger partial charge in [-0.05, 0) is 47.0 Å². The molecule has 0 aromatic heterocycles. The van der Waals surface area contributed by atoms with Crippen molar-refractivity contribution in [3.8, 4) is 0 Å². The zero-order valence-electron chi connectivity index (χ0n) is 6.55. The van der Waals surface area contributed by atoms with Crippen molar-refractivity contribution in [1.82, 2.24) is 0 Å². The fourth-order valence-electron chi connectivity index (χ4n) is 1.56. The molecule has 0 N–H and O–H groups in total. The number of halogens is 1. The molecule has 2 nitrogen and oxygen atoms in total. The number of ketones is 1. The zero-order valence-corrected chi connectivity index (χ0v) is 8.13. The zero-order chi connectivity index (χ0) is 8.60. The van der Waals surface area contributed by atoms with Crippen molar-refractivity contribution in [3.05, 3.63) is 22.7 Å². The first-order valence-corrected chi connectivity index (χ1v) is 4.77. The summed E-state index contributed by atoms with van der Waals surface area (Å²) in [5.74, 6) is 0.0242. The van der Waals surface area contributed by atoms with E-state index in [0.717, 1.165) is 19.4 Å². The second-order valence-corrected chi connectivity index (χ2v) is 3.95. The van der Waals surface area contributed by atoms with Crippen molar-refractivity contribution in [2.24, 2.45) is 0 Å². The molecule has 1 heterocycles. The lowest BCUT2D eigenvalue weighted by molar-refractivity contribution is -0.111. The Morgan fingerprint density at radius 3 is 3.00 bits per heavy atom. The Morgan fingerprint density at radius 2 is 2.42 bits per heavy atom. The van der Waals surface area contributed by atoms with Crippen LogP contribution in [-0.2, 0) is 9.53 Å². The van der Waals surface area contributed by atoms with Crippen LogP contribution in [0.25, 0.3) is 0 Å². The van der Waals surface area contributed by atoms with Crippen LogP contribution in [0, 0.1) is 0 Å². The fourth-order valence-corrected chi connectivity index (χ4v) is 2.08. The molecule has 1 atom stereocenters. The minimum atomic E-state index is -0.285. The summed E-state index contributed by atoms with van der Waals surface area (Å²) in [6, 6.07) is 0. The SMILES string of the molecule is O=C1C=CC2(C=C1Br)CCCO2. The average Bonchev–Trinajstić information content (AvgIpc) is 2.47. The highest BCUT2D eigenvalue weighted by atomic mass is 79.9. The minimum absolute atomic E-state index is 0.0242. The molecule has 2 aliphatic rings. The Kier molecular flexibility index (Phi) is 1.93. The molecule has 2 rings (SSSR count). The molecule has 1 aliphatic carbocycles. The maximum absolute atomic E-state index is 11.1. The van der Waals surface area contributed by atoms with E-state index in [1.54, 1.807) is 6.08 Å². The number of rotatable bonds is 0. The number of carbonyl (C=O) groups excluding carboxylic acids is 1. The lowest BCUT2D eigenvalue weighted by Crippen LogP contribution is -2.25. The van der Waals surface area contributed by atoms with E-state index in [-0.39, 0.29) is 11.4 Å². The van der Waals surface area contributed by atoms with Gasteiger partial charge in [-0.1, -0.05) is 0 Å². The highest BCUT2D eigenvalue weighted by molar-refractivity contribution is 9.12. The van der Waals surface area contributed by atoms with Crippen LogP contribution >= 0.6 is 15.9 Å².